The predicted octanol–water partition coefficient (Wildman–Crippen LogP) is 1.28. The van der Waals surface area contributed by atoms with Crippen molar-refractivity contribution in [2.75, 3.05) is 6.54 Å². The molecule has 1 aromatic heterocycles. The Morgan fingerprint density at radius 3 is 2.70 bits per heavy atom. The molecule has 2 unspecified atom stereocenters. The van der Waals surface area contributed by atoms with E-state index >= 15 is 0 Å². The van der Waals surface area contributed by atoms with Gasteiger partial charge in [0.05, 0.1) is 11.7 Å². The number of carboxylic acids is 1. The van der Waals surface area contributed by atoms with Crippen LogP contribution in [-0.2, 0) is 10.0 Å². The number of hydrogen-bond acceptors (Lipinski definition) is 5. The van der Waals surface area contributed by atoms with Gasteiger partial charge < -0.3 is 10.2 Å². The lowest BCUT2D eigenvalue weighted by Crippen LogP contribution is -2.36. The fraction of sp³-hybridized carbons (Fsp3) is 0.583. The van der Waals surface area contributed by atoms with E-state index in [2.05, 4.69) is 4.72 Å². The van der Waals surface area contributed by atoms with Gasteiger partial charge in [0.15, 0.2) is 0 Å². The van der Waals surface area contributed by atoms with Crippen LogP contribution in [0.1, 0.15) is 36.0 Å². The maximum atomic E-state index is 12.0. The van der Waals surface area contributed by atoms with E-state index in [1.54, 1.807) is 0 Å². The van der Waals surface area contributed by atoms with Gasteiger partial charge in [0.1, 0.15) is 4.21 Å². The Bertz CT molecular complexity index is 580. The maximum absolute atomic E-state index is 12.0. The third kappa shape index (κ3) is 3.57. The Morgan fingerprint density at radius 2 is 2.10 bits per heavy atom. The highest BCUT2D eigenvalue weighted by molar-refractivity contribution is 7.91. The number of thiophene rings is 1. The summed E-state index contributed by atoms with van der Waals surface area (Å²) in [6.45, 7) is 0.184. The summed E-state index contributed by atoms with van der Waals surface area (Å²) in [5.41, 5.74) is -0.0342. The van der Waals surface area contributed by atoms with Gasteiger partial charge >= 0.3 is 5.97 Å². The van der Waals surface area contributed by atoms with Crippen LogP contribution in [0, 0.1) is 5.92 Å². The topological polar surface area (TPSA) is 104 Å². The SMILES string of the molecule is O=C(O)c1csc(S(=O)(=O)NCC2CCCCC2O)c1. The van der Waals surface area contributed by atoms with Gasteiger partial charge in [0, 0.05) is 11.9 Å². The average molecular weight is 319 g/mol. The second-order valence-electron chi connectivity index (χ2n) is 4.92. The molecule has 20 heavy (non-hydrogen) atoms. The van der Waals surface area contributed by atoms with Gasteiger partial charge in [-0.2, -0.15) is 0 Å². The molecule has 8 heteroatoms. The van der Waals surface area contributed by atoms with Gasteiger partial charge in [-0.05, 0) is 24.8 Å². The second-order valence-corrected chi connectivity index (χ2v) is 7.83. The quantitative estimate of drug-likeness (QED) is 0.758. The Kier molecular flexibility index (Phi) is 4.79. The summed E-state index contributed by atoms with van der Waals surface area (Å²) in [7, 11) is -3.70. The van der Waals surface area contributed by atoms with E-state index in [4.69, 9.17) is 5.11 Å². The van der Waals surface area contributed by atoms with Crippen LogP contribution >= 0.6 is 11.3 Å². The molecule has 1 fully saturated rings. The Morgan fingerprint density at radius 1 is 1.40 bits per heavy atom. The van der Waals surface area contributed by atoms with Gasteiger partial charge in [-0.3, -0.25) is 0 Å². The number of carbonyl (C=O) groups is 1. The van der Waals surface area contributed by atoms with E-state index in [9.17, 15) is 18.3 Å². The molecule has 0 saturated heterocycles. The van der Waals surface area contributed by atoms with Crippen molar-refractivity contribution >= 4 is 27.3 Å². The summed E-state index contributed by atoms with van der Waals surface area (Å²) in [4.78, 5) is 10.7. The monoisotopic (exact) mass is 319 g/mol. The lowest BCUT2D eigenvalue weighted by Gasteiger charge is -2.27. The van der Waals surface area contributed by atoms with E-state index in [1.807, 2.05) is 0 Å². The number of sulfonamides is 1. The highest BCUT2D eigenvalue weighted by Crippen LogP contribution is 2.25. The molecule has 1 aliphatic rings. The average Bonchev–Trinajstić information content (AvgIpc) is 2.88. The highest BCUT2D eigenvalue weighted by Gasteiger charge is 2.26. The third-order valence-electron chi connectivity index (χ3n) is 3.49. The largest absolute Gasteiger partial charge is 0.478 e. The maximum Gasteiger partial charge on any atom is 0.336 e. The first-order chi connectivity index (χ1) is 9.40. The van der Waals surface area contributed by atoms with Gasteiger partial charge in [0.2, 0.25) is 10.0 Å². The number of rotatable bonds is 5. The smallest absolute Gasteiger partial charge is 0.336 e. The number of aromatic carboxylic acids is 1. The molecule has 1 heterocycles. The van der Waals surface area contributed by atoms with E-state index in [1.165, 1.54) is 5.38 Å². The number of nitrogens with one attached hydrogen (secondary N) is 1. The van der Waals surface area contributed by atoms with Crippen LogP contribution < -0.4 is 4.72 Å². The Balaban J connectivity index is 2.01. The zero-order valence-electron chi connectivity index (χ0n) is 10.8. The van der Waals surface area contributed by atoms with Crippen LogP contribution in [0.4, 0.5) is 0 Å². The van der Waals surface area contributed by atoms with Crippen LogP contribution in [0.3, 0.4) is 0 Å². The molecular weight excluding hydrogens is 302 g/mol. The molecule has 0 amide bonds. The normalized spacial score (nSPS) is 23.6. The number of aliphatic hydroxyl groups is 1. The van der Waals surface area contributed by atoms with Crippen molar-refractivity contribution in [1.29, 1.82) is 0 Å². The van der Waals surface area contributed by atoms with Gasteiger partial charge in [-0.1, -0.05) is 12.8 Å². The minimum absolute atomic E-state index is 0.0137. The minimum Gasteiger partial charge on any atom is -0.478 e. The van der Waals surface area contributed by atoms with Crippen LogP contribution in [0.5, 0.6) is 0 Å². The molecule has 0 aromatic carbocycles. The molecule has 3 N–H and O–H groups in total. The molecule has 0 spiro atoms. The summed E-state index contributed by atoms with van der Waals surface area (Å²) in [5.74, 6) is -1.22. The highest BCUT2D eigenvalue weighted by atomic mass is 32.2. The first-order valence-electron chi connectivity index (χ1n) is 6.39. The van der Waals surface area contributed by atoms with Gasteiger partial charge in [0.25, 0.3) is 0 Å². The van der Waals surface area contributed by atoms with Crippen molar-refractivity contribution in [1.82, 2.24) is 4.72 Å². The zero-order valence-corrected chi connectivity index (χ0v) is 12.4. The van der Waals surface area contributed by atoms with Crippen molar-refractivity contribution in [2.45, 2.75) is 36.0 Å². The van der Waals surface area contributed by atoms with E-state index < -0.39 is 22.1 Å². The Labute approximate surface area is 121 Å². The van der Waals surface area contributed by atoms with Crippen LogP contribution in [-0.4, -0.2) is 37.2 Å². The fourth-order valence-electron chi connectivity index (χ4n) is 2.28. The summed E-state index contributed by atoms with van der Waals surface area (Å²) in [5, 5.41) is 19.9. The van der Waals surface area contributed by atoms with Crippen molar-refractivity contribution < 1.29 is 23.4 Å². The lowest BCUT2D eigenvalue weighted by molar-refractivity contribution is 0.0696. The molecule has 2 rings (SSSR count). The zero-order chi connectivity index (χ0) is 14.8. The van der Waals surface area contributed by atoms with E-state index in [0.717, 1.165) is 36.7 Å². The fourth-order valence-corrected chi connectivity index (χ4v) is 4.58. The standard InChI is InChI=1S/C12H17NO5S2/c14-10-4-2-1-3-8(10)6-13-20(17,18)11-5-9(7-19-11)12(15)16/h5,7-8,10,13-14H,1-4,6H2,(H,15,16). The number of aliphatic hydroxyl groups excluding tert-OH is 1. The van der Waals surface area contributed by atoms with Crippen LogP contribution in [0.25, 0.3) is 0 Å². The molecule has 0 bridgehead atoms. The van der Waals surface area contributed by atoms with E-state index in [-0.39, 0.29) is 22.2 Å². The number of carboxylic acid groups (broad SMARTS) is 1. The molecule has 1 aromatic rings. The lowest BCUT2D eigenvalue weighted by atomic mass is 9.87. The summed E-state index contributed by atoms with van der Waals surface area (Å²) >= 11 is 0.878. The molecule has 112 valence electrons. The van der Waals surface area contributed by atoms with Crippen LogP contribution in [0.15, 0.2) is 15.7 Å². The molecule has 1 saturated carbocycles. The predicted molar refractivity (Wildman–Crippen MR) is 74.4 cm³/mol. The summed E-state index contributed by atoms with van der Waals surface area (Å²) in [6, 6.07) is 1.15. The summed E-state index contributed by atoms with van der Waals surface area (Å²) in [6.07, 6.45) is 3.00. The molecule has 0 radical (unpaired) electrons. The number of hydrogen-bond donors (Lipinski definition) is 3. The van der Waals surface area contributed by atoms with Gasteiger partial charge in [-0.15, -0.1) is 11.3 Å². The molecule has 6 nitrogen and oxygen atoms in total. The minimum atomic E-state index is -3.70. The van der Waals surface area contributed by atoms with Crippen molar-refractivity contribution in [3.05, 3.63) is 17.0 Å². The van der Waals surface area contributed by atoms with Crippen molar-refractivity contribution in [3.8, 4) is 0 Å². The van der Waals surface area contributed by atoms with Crippen LogP contribution in [0.2, 0.25) is 0 Å². The van der Waals surface area contributed by atoms with Crippen molar-refractivity contribution in [3.63, 3.8) is 0 Å². The molecule has 1 aliphatic carbocycles. The Hall–Kier alpha value is -0.960. The first kappa shape index (κ1) is 15.4. The first-order valence-corrected chi connectivity index (χ1v) is 8.76. The third-order valence-corrected chi connectivity index (χ3v) is 6.35. The van der Waals surface area contributed by atoms with E-state index in [0.29, 0.717) is 6.42 Å². The summed E-state index contributed by atoms with van der Waals surface area (Å²) < 4.78 is 26.5. The van der Waals surface area contributed by atoms with Crippen molar-refractivity contribution in [2.24, 2.45) is 5.92 Å². The molecule has 2 atom stereocenters. The molecule has 0 aliphatic heterocycles. The second kappa shape index (κ2) is 6.21. The molecular formula is C12H17NO5S2. The van der Waals surface area contributed by atoms with Gasteiger partial charge in [-0.25, -0.2) is 17.9 Å².